The van der Waals surface area contributed by atoms with Crippen LogP contribution in [0.4, 0.5) is 27.1 Å². The van der Waals surface area contributed by atoms with Crippen molar-refractivity contribution < 1.29 is 28.2 Å². The minimum absolute atomic E-state index is 0.0442. The van der Waals surface area contributed by atoms with Gasteiger partial charge in [-0.3, -0.25) is 29.8 Å². The second-order valence-corrected chi connectivity index (χ2v) is 8.03. The van der Waals surface area contributed by atoms with Crippen molar-refractivity contribution in [1.29, 1.82) is 0 Å². The molecule has 0 unspecified atom stereocenters. The van der Waals surface area contributed by atoms with Crippen molar-refractivity contribution in [3.05, 3.63) is 126 Å². The molecule has 0 aliphatic heterocycles. The number of hydrogen-bond acceptors (Lipinski definition) is 7. The van der Waals surface area contributed by atoms with Crippen molar-refractivity contribution in [2.45, 2.75) is 0 Å². The number of amides is 2. The van der Waals surface area contributed by atoms with Crippen molar-refractivity contribution in [2.75, 3.05) is 10.6 Å². The van der Waals surface area contributed by atoms with Crippen molar-refractivity contribution in [2.24, 2.45) is 0 Å². The van der Waals surface area contributed by atoms with E-state index in [9.17, 15) is 34.2 Å². The van der Waals surface area contributed by atoms with E-state index >= 15 is 0 Å². The lowest BCUT2D eigenvalue weighted by molar-refractivity contribution is -0.384. The molecular formula is C24H15Cl2FN4O7. The van der Waals surface area contributed by atoms with E-state index in [-0.39, 0.29) is 38.4 Å². The number of hydrogen-bond donors (Lipinski definition) is 2. The maximum absolute atomic E-state index is 13.4. The number of nitrogens with one attached hydrogen (secondary N) is 2. The fourth-order valence-corrected chi connectivity index (χ4v) is 3.41. The van der Waals surface area contributed by atoms with Crippen LogP contribution in [0.3, 0.4) is 0 Å². The molecule has 4 rings (SSSR count). The van der Waals surface area contributed by atoms with Gasteiger partial charge in [-0.2, -0.15) is 0 Å². The zero-order valence-electron chi connectivity index (χ0n) is 18.9. The Morgan fingerprint density at radius 3 is 1.74 bits per heavy atom. The molecule has 14 heteroatoms. The number of nitrogens with zero attached hydrogens (tertiary/aromatic N) is 2. The number of anilines is 2. The maximum Gasteiger partial charge on any atom is 0.291 e. The second kappa shape index (κ2) is 12.4. The van der Waals surface area contributed by atoms with Gasteiger partial charge in [0.2, 0.25) is 0 Å². The number of nitro benzene ring substituents is 2. The molecule has 0 radical (unpaired) electrons. The van der Waals surface area contributed by atoms with Gasteiger partial charge < -0.3 is 15.1 Å². The lowest BCUT2D eigenvalue weighted by atomic mass is 10.2. The summed E-state index contributed by atoms with van der Waals surface area (Å²) in [6, 6.07) is 16.2. The van der Waals surface area contributed by atoms with Crippen LogP contribution in [-0.4, -0.2) is 21.7 Å². The number of carbonyl (C=O) groups is 2. The molecule has 0 saturated heterocycles. The molecule has 0 fully saturated rings. The Kier molecular flexibility index (Phi) is 9.09. The Morgan fingerprint density at radius 1 is 0.763 bits per heavy atom. The van der Waals surface area contributed by atoms with E-state index < -0.39 is 27.5 Å². The number of rotatable bonds is 6. The third-order valence-corrected chi connectivity index (χ3v) is 5.27. The summed E-state index contributed by atoms with van der Waals surface area (Å²) >= 11 is 11.4. The van der Waals surface area contributed by atoms with Crippen LogP contribution in [0.2, 0.25) is 10.0 Å². The Labute approximate surface area is 223 Å². The summed E-state index contributed by atoms with van der Waals surface area (Å²) in [5.41, 5.74) is -0.00829. The lowest BCUT2D eigenvalue weighted by Gasteiger charge is -2.06. The summed E-state index contributed by atoms with van der Waals surface area (Å²) in [4.78, 5) is 43.4. The third-order valence-electron chi connectivity index (χ3n) is 4.67. The molecule has 38 heavy (non-hydrogen) atoms. The van der Waals surface area contributed by atoms with Crippen LogP contribution in [0.15, 0.2) is 83.5 Å². The molecule has 0 atom stereocenters. The Morgan fingerprint density at radius 2 is 1.29 bits per heavy atom. The van der Waals surface area contributed by atoms with Crippen LogP contribution in [0.1, 0.15) is 20.9 Å². The third kappa shape index (κ3) is 7.12. The van der Waals surface area contributed by atoms with Gasteiger partial charge in [-0.25, -0.2) is 4.39 Å². The number of nitro groups is 2. The molecule has 3 aromatic carbocycles. The fourth-order valence-electron chi connectivity index (χ4n) is 2.91. The molecule has 2 N–H and O–H groups in total. The van der Waals surface area contributed by atoms with E-state index in [0.29, 0.717) is 5.69 Å². The molecule has 4 aromatic rings. The maximum atomic E-state index is 13.4. The molecule has 0 saturated carbocycles. The average Bonchev–Trinajstić information content (AvgIpc) is 3.40. The van der Waals surface area contributed by atoms with E-state index in [2.05, 4.69) is 10.6 Å². The highest BCUT2D eigenvalue weighted by atomic mass is 35.5. The highest BCUT2D eigenvalue weighted by molar-refractivity contribution is 6.33. The monoisotopic (exact) mass is 560 g/mol. The minimum Gasteiger partial charge on any atom is -0.459 e. The average molecular weight is 561 g/mol. The van der Waals surface area contributed by atoms with E-state index in [1.54, 1.807) is 6.07 Å². The zero-order valence-corrected chi connectivity index (χ0v) is 20.4. The summed E-state index contributed by atoms with van der Waals surface area (Å²) in [5.74, 6) is -1.62. The van der Waals surface area contributed by atoms with E-state index in [1.165, 1.54) is 66.9 Å². The van der Waals surface area contributed by atoms with Gasteiger partial charge in [0.1, 0.15) is 15.9 Å². The van der Waals surface area contributed by atoms with Crippen molar-refractivity contribution in [3.63, 3.8) is 0 Å². The number of halogens is 3. The lowest BCUT2D eigenvalue weighted by Crippen LogP contribution is -2.13. The molecular weight excluding hydrogens is 546 g/mol. The standard InChI is InChI=1S/C13H8ClFN2O3.C11H7ClN2O4/c14-10-7-8(5-6-12(10)17(19)20)16-13(18)9-3-1-2-4-11(9)15;12-8-6-7(3-4-9(8)14(16)17)13-11(15)10-2-1-5-18-10/h1-7H,(H,16,18);1-6H,(H,13,15). The molecule has 0 bridgehead atoms. The van der Waals surface area contributed by atoms with E-state index in [0.717, 1.165) is 6.07 Å². The van der Waals surface area contributed by atoms with Crippen LogP contribution in [0.25, 0.3) is 0 Å². The second-order valence-electron chi connectivity index (χ2n) is 7.21. The van der Waals surface area contributed by atoms with Crippen molar-refractivity contribution in [3.8, 4) is 0 Å². The number of carbonyl (C=O) groups excluding carboxylic acids is 2. The Bertz CT molecular complexity index is 1510. The predicted molar refractivity (Wildman–Crippen MR) is 137 cm³/mol. The van der Waals surface area contributed by atoms with Gasteiger partial charge in [0.25, 0.3) is 23.2 Å². The Balaban J connectivity index is 0.000000212. The first-order chi connectivity index (χ1) is 18.1. The number of benzene rings is 3. The van der Waals surface area contributed by atoms with Gasteiger partial charge in [0, 0.05) is 23.5 Å². The minimum atomic E-state index is -0.659. The molecule has 1 heterocycles. The van der Waals surface area contributed by atoms with Crippen LogP contribution in [-0.2, 0) is 0 Å². The van der Waals surface area contributed by atoms with Crippen LogP contribution in [0.5, 0.6) is 0 Å². The van der Waals surface area contributed by atoms with Gasteiger partial charge in [-0.15, -0.1) is 0 Å². The molecule has 11 nitrogen and oxygen atoms in total. The SMILES string of the molecule is O=C(Nc1ccc([N+](=O)[O-])c(Cl)c1)c1ccccc1F.O=C(Nc1ccc([N+](=O)[O-])c(Cl)c1)c1ccco1. The van der Waals surface area contributed by atoms with E-state index in [4.69, 9.17) is 27.6 Å². The fraction of sp³-hybridized carbons (Fsp3) is 0. The first kappa shape index (κ1) is 27.8. The van der Waals surface area contributed by atoms with Crippen molar-refractivity contribution in [1.82, 2.24) is 0 Å². The van der Waals surface area contributed by atoms with Gasteiger partial charge in [0.05, 0.1) is 21.7 Å². The largest absolute Gasteiger partial charge is 0.459 e. The molecule has 0 aliphatic rings. The summed E-state index contributed by atoms with van der Waals surface area (Å²) in [7, 11) is 0. The zero-order chi connectivity index (χ0) is 27.8. The summed E-state index contributed by atoms with van der Waals surface area (Å²) in [6.45, 7) is 0. The molecule has 2 amide bonds. The Hall–Kier alpha value is -4.81. The molecule has 1 aromatic heterocycles. The van der Waals surface area contributed by atoms with Gasteiger partial charge in [-0.05, 0) is 48.5 Å². The highest BCUT2D eigenvalue weighted by Gasteiger charge is 2.16. The predicted octanol–water partition coefficient (Wildman–Crippen LogP) is 6.73. The summed E-state index contributed by atoms with van der Waals surface area (Å²) in [5, 5.41) is 25.9. The van der Waals surface area contributed by atoms with Gasteiger partial charge >= 0.3 is 0 Å². The molecule has 194 valence electrons. The normalized spacial score (nSPS) is 10.1. The van der Waals surface area contributed by atoms with E-state index in [1.807, 2.05) is 0 Å². The molecule has 0 aliphatic carbocycles. The van der Waals surface area contributed by atoms with Gasteiger partial charge in [0.15, 0.2) is 5.76 Å². The number of furan rings is 1. The quantitative estimate of drug-likeness (QED) is 0.195. The van der Waals surface area contributed by atoms with Gasteiger partial charge in [-0.1, -0.05) is 35.3 Å². The topological polar surface area (TPSA) is 158 Å². The molecule has 0 spiro atoms. The smallest absolute Gasteiger partial charge is 0.291 e. The highest BCUT2D eigenvalue weighted by Crippen LogP contribution is 2.28. The van der Waals surface area contributed by atoms with Crippen LogP contribution < -0.4 is 10.6 Å². The van der Waals surface area contributed by atoms with Crippen LogP contribution >= 0.6 is 23.2 Å². The first-order valence-corrected chi connectivity index (χ1v) is 11.1. The van der Waals surface area contributed by atoms with Crippen molar-refractivity contribution >= 4 is 57.8 Å². The first-order valence-electron chi connectivity index (χ1n) is 10.4. The summed E-state index contributed by atoms with van der Waals surface area (Å²) < 4.78 is 18.3. The van der Waals surface area contributed by atoms with Crippen LogP contribution in [0, 0.1) is 26.0 Å². The summed E-state index contributed by atoms with van der Waals surface area (Å²) in [6.07, 6.45) is 1.37.